The summed E-state index contributed by atoms with van der Waals surface area (Å²) >= 11 is 0. The molecule has 0 spiro atoms. The first kappa shape index (κ1) is 16.7. The molecule has 0 aliphatic rings. The fourth-order valence-corrected chi connectivity index (χ4v) is 2.59. The average molecular weight is 336 g/mol. The van der Waals surface area contributed by atoms with Gasteiger partial charge in [0.05, 0.1) is 18.5 Å². The van der Waals surface area contributed by atoms with Crippen LogP contribution in [0.4, 0.5) is 5.69 Å². The molecule has 2 aromatic carbocycles. The highest BCUT2D eigenvalue weighted by molar-refractivity contribution is 6.03. The third kappa shape index (κ3) is 3.52. The van der Waals surface area contributed by atoms with Gasteiger partial charge < -0.3 is 10.1 Å². The lowest BCUT2D eigenvalue weighted by Gasteiger charge is -2.11. The van der Waals surface area contributed by atoms with Crippen molar-refractivity contribution in [1.82, 2.24) is 15.0 Å². The highest BCUT2D eigenvalue weighted by Crippen LogP contribution is 2.23. The van der Waals surface area contributed by atoms with Crippen LogP contribution >= 0.6 is 0 Å². The molecule has 128 valence electrons. The topological polar surface area (TPSA) is 69.0 Å². The Balaban J connectivity index is 1.91. The Kier molecular flexibility index (Phi) is 4.79. The molecule has 3 rings (SSSR count). The summed E-state index contributed by atoms with van der Waals surface area (Å²) in [4.78, 5) is 12.7. The van der Waals surface area contributed by atoms with E-state index in [1.54, 1.807) is 36.1 Å². The van der Waals surface area contributed by atoms with Crippen LogP contribution in [0.25, 0.3) is 5.69 Å². The van der Waals surface area contributed by atoms with Crippen molar-refractivity contribution < 1.29 is 9.53 Å². The SMILES string of the molecule is COc1ccc(NC(=O)c2nnn(-c3ccccc3)c2C(C)C)cc1. The number of carbonyl (C=O) groups excluding carboxylic acids is 1. The summed E-state index contributed by atoms with van der Waals surface area (Å²) in [6.07, 6.45) is 0. The van der Waals surface area contributed by atoms with E-state index in [-0.39, 0.29) is 11.8 Å². The molecule has 0 atom stereocenters. The zero-order chi connectivity index (χ0) is 17.8. The first-order chi connectivity index (χ1) is 12.1. The van der Waals surface area contributed by atoms with Crippen molar-refractivity contribution in [3.8, 4) is 11.4 Å². The molecule has 0 aliphatic carbocycles. The van der Waals surface area contributed by atoms with E-state index >= 15 is 0 Å². The van der Waals surface area contributed by atoms with Gasteiger partial charge in [-0.05, 0) is 42.3 Å². The Morgan fingerprint density at radius 3 is 2.36 bits per heavy atom. The number of ether oxygens (including phenoxy) is 1. The van der Waals surface area contributed by atoms with Crippen LogP contribution in [0, 0.1) is 0 Å². The smallest absolute Gasteiger partial charge is 0.278 e. The van der Waals surface area contributed by atoms with Gasteiger partial charge in [0.1, 0.15) is 5.75 Å². The number of rotatable bonds is 5. The third-order valence-corrected chi connectivity index (χ3v) is 3.82. The minimum atomic E-state index is -0.281. The number of aromatic nitrogens is 3. The number of methoxy groups -OCH3 is 1. The molecule has 25 heavy (non-hydrogen) atoms. The molecule has 0 saturated carbocycles. The van der Waals surface area contributed by atoms with Gasteiger partial charge >= 0.3 is 0 Å². The van der Waals surface area contributed by atoms with Crippen molar-refractivity contribution in [1.29, 1.82) is 0 Å². The summed E-state index contributed by atoms with van der Waals surface area (Å²) in [7, 11) is 1.60. The number of hydrogen-bond donors (Lipinski definition) is 1. The zero-order valence-electron chi connectivity index (χ0n) is 14.4. The van der Waals surface area contributed by atoms with Crippen molar-refractivity contribution in [3.63, 3.8) is 0 Å². The van der Waals surface area contributed by atoms with Crippen molar-refractivity contribution in [2.45, 2.75) is 19.8 Å². The molecule has 0 saturated heterocycles. The fraction of sp³-hybridized carbons (Fsp3) is 0.211. The summed E-state index contributed by atoms with van der Waals surface area (Å²) in [5.41, 5.74) is 2.66. The van der Waals surface area contributed by atoms with E-state index in [9.17, 15) is 4.79 Å². The van der Waals surface area contributed by atoms with Crippen LogP contribution in [-0.2, 0) is 0 Å². The summed E-state index contributed by atoms with van der Waals surface area (Å²) in [6, 6.07) is 16.8. The number of nitrogens with one attached hydrogen (secondary N) is 1. The first-order valence-electron chi connectivity index (χ1n) is 8.06. The van der Waals surface area contributed by atoms with Crippen molar-refractivity contribution in [2.24, 2.45) is 0 Å². The molecule has 1 amide bonds. The van der Waals surface area contributed by atoms with Crippen LogP contribution < -0.4 is 10.1 Å². The molecule has 0 bridgehead atoms. The summed E-state index contributed by atoms with van der Waals surface area (Å²) in [6.45, 7) is 4.03. The van der Waals surface area contributed by atoms with Crippen LogP contribution in [0.3, 0.4) is 0 Å². The molecule has 1 heterocycles. The molecular weight excluding hydrogens is 316 g/mol. The molecule has 0 fully saturated rings. The Morgan fingerprint density at radius 2 is 1.76 bits per heavy atom. The second-order valence-electron chi connectivity index (χ2n) is 5.91. The van der Waals surface area contributed by atoms with Gasteiger partial charge in [0.2, 0.25) is 0 Å². The normalized spacial score (nSPS) is 10.7. The van der Waals surface area contributed by atoms with Crippen molar-refractivity contribution in [2.75, 3.05) is 12.4 Å². The van der Waals surface area contributed by atoms with Gasteiger partial charge in [-0.15, -0.1) is 5.10 Å². The number of hydrogen-bond acceptors (Lipinski definition) is 4. The lowest BCUT2D eigenvalue weighted by Crippen LogP contribution is -2.16. The van der Waals surface area contributed by atoms with Crippen LogP contribution in [0.5, 0.6) is 5.75 Å². The lowest BCUT2D eigenvalue weighted by atomic mass is 10.1. The van der Waals surface area contributed by atoms with Gasteiger partial charge in [-0.1, -0.05) is 37.3 Å². The first-order valence-corrected chi connectivity index (χ1v) is 8.06. The second-order valence-corrected chi connectivity index (χ2v) is 5.91. The Labute approximate surface area is 146 Å². The van der Waals surface area contributed by atoms with Crippen LogP contribution in [0.15, 0.2) is 54.6 Å². The van der Waals surface area contributed by atoms with E-state index in [0.29, 0.717) is 11.4 Å². The van der Waals surface area contributed by atoms with Gasteiger partial charge in [-0.2, -0.15) is 0 Å². The van der Waals surface area contributed by atoms with Crippen molar-refractivity contribution >= 4 is 11.6 Å². The molecule has 6 heteroatoms. The molecule has 3 aromatic rings. The van der Waals surface area contributed by atoms with E-state index < -0.39 is 0 Å². The second kappa shape index (κ2) is 7.17. The average Bonchev–Trinajstić information content (AvgIpc) is 3.08. The van der Waals surface area contributed by atoms with Gasteiger partial charge in [-0.3, -0.25) is 4.79 Å². The predicted molar refractivity (Wildman–Crippen MR) is 96.4 cm³/mol. The van der Waals surface area contributed by atoms with Gasteiger partial charge in [0.25, 0.3) is 5.91 Å². The minimum Gasteiger partial charge on any atom is -0.497 e. The number of benzene rings is 2. The highest BCUT2D eigenvalue weighted by Gasteiger charge is 2.23. The third-order valence-electron chi connectivity index (χ3n) is 3.82. The quantitative estimate of drug-likeness (QED) is 0.772. The minimum absolute atomic E-state index is 0.0897. The Morgan fingerprint density at radius 1 is 1.08 bits per heavy atom. The van der Waals surface area contributed by atoms with Crippen LogP contribution in [-0.4, -0.2) is 28.0 Å². The predicted octanol–water partition coefficient (Wildman–Crippen LogP) is 3.65. The highest BCUT2D eigenvalue weighted by atomic mass is 16.5. The summed E-state index contributed by atoms with van der Waals surface area (Å²) in [5, 5.41) is 11.2. The van der Waals surface area contributed by atoms with Crippen LogP contribution in [0.1, 0.15) is 35.9 Å². The molecule has 0 unspecified atom stereocenters. The molecule has 0 aliphatic heterocycles. The maximum absolute atomic E-state index is 12.7. The monoisotopic (exact) mass is 336 g/mol. The molecule has 1 aromatic heterocycles. The van der Waals surface area contributed by atoms with E-state index in [1.807, 2.05) is 44.2 Å². The Bertz CT molecular complexity index is 855. The fourth-order valence-electron chi connectivity index (χ4n) is 2.59. The zero-order valence-corrected chi connectivity index (χ0v) is 14.4. The van der Waals surface area contributed by atoms with E-state index in [0.717, 1.165) is 17.1 Å². The molecule has 1 N–H and O–H groups in total. The number of amides is 1. The number of carbonyl (C=O) groups is 1. The standard InChI is InChI=1S/C19H20N4O2/c1-13(2)18-17(21-22-23(18)15-7-5-4-6-8-15)19(24)20-14-9-11-16(25-3)12-10-14/h4-13H,1-3H3,(H,20,24). The maximum atomic E-state index is 12.7. The van der Waals surface area contributed by atoms with Crippen LogP contribution in [0.2, 0.25) is 0 Å². The lowest BCUT2D eigenvalue weighted by molar-refractivity contribution is 0.102. The number of anilines is 1. The maximum Gasteiger partial charge on any atom is 0.278 e. The molecular formula is C19H20N4O2. The largest absolute Gasteiger partial charge is 0.497 e. The van der Waals surface area contributed by atoms with E-state index in [4.69, 9.17) is 4.74 Å². The van der Waals surface area contributed by atoms with Gasteiger partial charge in [-0.25, -0.2) is 4.68 Å². The van der Waals surface area contributed by atoms with E-state index in [1.165, 1.54) is 0 Å². The summed E-state index contributed by atoms with van der Waals surface area (Å²) in [5.74, 6) is 0.541. The van der Waals surface area contributed by atoms with Crippen molar-refractivity contribution in [3.05, 3.63) is 66.0 Å². The summed E-state index contributed by atoms with van der Waals surface area (Å²) < 4.78 is 6.84. The molecule has 0 radical (unpaired) electrons. The number of nitrogens with zero attached hydrogens (tertiary/aromatic N) is 3. The Hall–Kier alpha value is -3.15. The van der Waals surface area contributed by atoms with Gasteiger partial charge in [0, 0.05) is 5.69 Å². The number of para-hydroxylation sites is 1. The van der Waals surface area contributed by atoms with Gasteiger partial charge in [0.15, 0.2) is 5.69 Å². The van der Waals surface area contributed by atoms with E-state index in [2.05, 4.69) is 15.6 Å². The molecule has 6 nitrogen and oxygen atoms in total.